The summed E-state index contributed by atoms with van der Waals surface area (Å²) in [6.07, 6.45) is 0. The number of carboxylic acids is 1. The van der Waals surface area contributed by atoms with Crippen LogP contribution < -0.4 is 5.32 Å². The molecule has 5 nitrogen and oxygen atoms in total. The molecule has 0 aromatic carbocycles. The number of aromatic carboxylic acids is 1. The second-order valence-corrected chi connectivity index (χ2v) is 2.88. The van der Waals surface area contributed by atoms with Crippen LogP contribution in [-0.4, -0.2) is 22.0 Å². The van der Waals surface area contributed by atoms with Crippen LogP contribution in [-0.2, 0) is 4.79 Å². The lowest BCUT2D eigenvalue weighted by Crippen LogP contribution is -2.08. The van der Waals surface area contributed by atoms with Crippen molar-refractivity contribution in [2.45, 2.75) is 6.92 Å². The zero-order chi connectivity index (χ0) is 10.7. The molecule has 0 bridgehead atoms. The van der Waals surface area contributed by atoms with Crippen molar-refractivity contribution in [3.8, 4) is 0 Å². The zero-order valence-electron chi connectivity index (χ0n) is 7.24. The van der Waals surface area contributed by atoms with Crippen molar-refractivity contribution in [3.05, 3.63) is 22.8 Å². The number of aromatic nitrogens is 1. The molecule has 1 aromatic rings. The first kappa shape index (κ1) is 10.5. The SMILES string of the molecule is CC(=O)Nc1ccc(C(=O)O)c(Cl)n1. The number of hydrogen-bond acceptors (Lipinski definition) is 3. The minimum atomic E-state index is -1.16. The maximum atomic E-state index is 10.6. The molecule has 74 valence electrons. The maximum Gasteiger partial charge on any atom is 0.338 e. The minimum Gasteiger partial charge on any atom is -0.478 e. The number of nitrogens with zero attached hydrogens (tertiary/aromatic N) is 1. The molecular weight excluding hydrogens is 208 g/mol. The van der Waals surface area contributed by atoms with Crippen molar-refractivity contribution in [1.82, 2.24) is 4.98 Å². The molecule has 6 heteroatoms. The molecule has 2 N–H and O–H groups in total. The van der Waals surface area contributed by atoms with E-state index in [0.717, 1.165) is 0 Å². The van der Waals surface area contributed by atoms with Crippen molar-refractivity contribution in [1.29, 1.82) is 0 Å². The topological polar surface area (TPSA) is 79.3 Å². The Kier molecular flexibility index (Phi) is 3.03. The molecule has 1 heterocycles. The summed E-state index contributed by atoms with van der Waals surface area (Å²) in [5, 5.41) is 10.9. The molecule has 0 atom stereocenters. The van der Waals surface area contributed by atoms with E-state index in [2.05, 4.69) is 10.3 Å². The van der Waals surface area contributed by atoms with E-state index in [9.17, 15) is 9.59 Å². The summed E-state index contributed by atoms with van der Waals surface area (Å²) in [6, 6.07) is 2.65. The molecule has 1 rings (SSSR count). The Hall–Kier alpha value is -1.62. The minimum absolute atomic E-state index is 0.0965. The van der Waals surface area contributed by atoms with Gasteiger partial charge in [0.15, 0.2) is 0 Å². The molecule has 0 radical (unpaired) electrons. The standard InChI is InChI=1S/C8H7ClN2O3/c1-4(12)10-6-3-2-5(8(13)14)7(9)11-6/h2-3H,1H3,(H,13,14)(H,10,11,12). The number of anilines is 1. The largest absolute Gasteiger partial charge is 0.478 e. The molecule has 1 amide bonds. The fourth-order valence-electron chi connectivity index (χ4n) is 0.844. The van der Waals surface area contributed by atoms with E-state index in [1.807, 2.05) is 0 Å². The van der Waals surface area contributed by atoms with Crippen LogP contribution >= 0.6 is 11.6 Å². The number of rotatable bonds is 2. The molecular formula is C8H7ClN2O3. The lowest BCUT2D eigenvalue weighted by Gasteiger charge is -2.02. The van der Waals surface area contributed by atoms with Gasteiger partial charge < -0.3 is 10.4 Å². The fraction of sp³-hybridized carbons (Fsp3) is 0.125. The Labute approximate surface area is 84.7 Å². The first-order chi connectivity index (χ1) is 6.50. The molecule has 0 unspecified atom stereocenters. The second kappa shape index (κ2) is 4.06. The van der Waals surface area contributed by atoms with Gasteiger partial charge in [0.05, 0.1) is 5.56 Å². The van der Waals surface area contributed by atoms with E-state index in [4.69, 9.17) is 16.7 Å². The van der Waals surface area contributed by atoms with Gasteiger partial charge >= 0.3 is 5.97 Å². The summed E-state index contributed by atoms with van der Waals surface area (Å²) in [6.45, 7) is 1.32. The fourth-order valence-corrected chi connectivity index (χ4v) is 1.08. The summed E-state index contributed by atoms with van der Waals surface area (Å²) >= 11 is 5.56. The number of halogens is 1. The van der Waals surface area contributed by atoms with E-state index in [-0.39, 0.29) is 22.4 Å². The highest BCUT2D eigenvalue weighted by atomic mass is 35.5. The first-order valence-corrected chi connectivity index (χ1v) is 4.06. The quantitative estimate of drug-likeness (QED) is 0.730. The summed E-state index contributed by atoms with van der Waals surface area (Å²) in [5.74, 6) is -1.22. The van der Waals surface area contributed by atoms with Gasteiger partial charge in [0, 0.05) is 6.92 Å². The average molecular weight is 215 g/mol. The van der Waals surface area contributed by atoms with Crippen molar-refractivity contribution in [3.63, 3.8) is 0 Å². The van der Waals surface area contributed by atoms with Gasteiger partial charge in [0.1, 0.15) is 11.0 Å². The van der Waals surface area contributed by atoms with Crippen LogP contribution in [0.5, 0.6) is 0 Å². The van der Waals surface area contributed by atoms with Gasteiger partial charge in [-0.1, -0.05) is 11.6 Å². The molecule has 0 aliphatic rings. The van der Waals surface area contributed by atoms with E-state index in [0.29, 0.717) is 0 Å². The lowest BCUT2D eigenvalue weighted by molar-refractivity contribution is -0.114. The van der Waals surface area contributed by atoms with Gasteiger partial charge in [0.25, 0.3) is 0 Å². The van der Waals surface area contributed by atoms with Crippen LogP contribution in [0.4, 0.5) is 5.82 Å². The molecule has 0 saturated heterocycles. The normalized spacial score (nSPS) is 9.57. The highest BCUT2D eigenvalue weighted by molar-refractivity contribution is 6.32. The van der Waals surface area contributed by atoms with Crippen molar-refractivity contribution < 1.29 is 14.7 Å². The van der Waals surface area contributed by atoms with Crippen LogP contribution in [0.15, 0.2) is 12.1 Å². The van der Waals surface area contributed by atoms with Gasteiger partial charge in [-0.2, -0.15) is 0 Å². The van der Waals surface area contributed by atoms with Crippen molar-refractivity contribution in [2.24, 2.45) is 0 Å². The predicted molar refractivity (Wildman–Crippen MR) is 50.5 cm³/mol. The van der Waals surface area contributed by atoms with Crippen LogP contribution in [0.2, 0.25) is 5.15 Å². The Morgan fingerprint density at radius 1 is 1.50 bits per heavy atom. The molecule has 14 heavy (non-hydrogen) atoms. The van der Waals surface area contributed by atoms with Crippen molar-refractivity contribution >= 4 is 29.3 Å². The Morgan fingerprint density at radius 2 is 2.14 bits per heavy atom. The highest BCUT2D eigenvalue weighted by Crippen LogP contribution is 2.16. The molecule has 0 aliphatic heterocycles. The average Bonchev–Trinajstić information content (AvgIpc) is 2.01. The Morgan fingerprint density at radius 3 is 2.57 bits per heavy atom. The van der Waals surface area contributed by atoms with Crippen LogP contribution in [0.25, 0.3) is 0 Å². The molecule has 0 spiro atoms. The number of carbonyl (C=O) groups excluding carboxylic acids is 1. The summed E-state index contributed by atoms with van der Waals surface area (Å²) in [4.78, 5) is 24.9. The third-order valence-corrected chi connectivity index (χ3v) is 1.67. The molecule has 0 fully saturated rings. The van der Waals surface area contributed by atoms with Crippen molar-refractivity contribution in [2.75, 3.05) is 5.32 Å². The lowest BCUT2D eigenvalue weighted by atomic mass is 10.3. The smallest absolute Gasteiger partial charge is 0.338 e. The van der Waals surface area contributed by atoms with E-state index in [1.165, 1.54) is 19.1 Å². The molecule has 0 aliphatic carbocycles. The Bertz CT molecular complexity index is 392. The molecule has 1 aromatic heterocycles. The third-order valence-electron chi connectivity index (χ3n) is 1.38. The van der Waals surface area contributed by atoms with E-state index >= 15 is 0 Å². The number of amides is 1. The molecule has 0 saturated carbocycles. The second-order valence-electron chi connectivity index (χ2n) is 2.52. The number of nitrogens with one attached hydrogen (secondary N) is 1. The van der Waals surface area contributed by atoms with Gasteiger partial charge in [-0.15, -0.1) is 0 Å². The van der Waals surface area contributed by atoms with E-state index in [1.54, 1.807) is 0 Å². The van der Waals surface area contributed by atoms with Crippen LogP contribution in [0.3, 0.4) is 0 Å². The number of hydrogen-bond donors (Lipinski definition) is 2. The number of pyridine rings is 1. The summed E-state index contributed by atoms with van der Waals surface area (Å²) < 4.78 is 0. The number of carbonyl (C=O) groups is 2. The van der Waals surface area contributed by atoms with Gasteiger partial charge in [-0.3, -0.25) is 4.79 Å². The summed E-state index contributed by atoms with van der Waals surface area (Å²) in [7, 11) is 0. The zero-order valence-corrected chi connectivity index (χ0v) is 8.00. The monoisotopic (exact) mass is 214 g/mol. The van der Waals surface area contributed by atoms with Gasteiger partial charge in [0.2, 0.25) is 5.91 Å². The highest BCUT2D eigenvalue weighted by Gasteiger charge is 2.10. The third kappa shape index (κ3) is 2.43. The van der Waals surface area contributed by atoms with Crippen LogP contribution in [0.1, 0.15) is 17.3 Å². The van der Waals surface area contributed by atoms with Crippen LogP contribution in [0, 0.1) is 0 Å². The van der Waals surface area contributed by atoms with Gasteiger partial charge in [-0.25, -0.2) is 9.78 Å². The predicted octanol–water partition coefficient (Wildman–Crippen LogP) is 1.39. The first-order valence-electron chi connectivity index (χ1n) is 3.68. The van der Waals surface area contributed by atoms with E-state index < -0.39 is 5.97 Å². The summed E-state index contributed by atoms with van der Waals surface area (Å²) in [5.41, 5.74) is -0.0965. The maximum absolute atomic E-state index is 10.6. The number of carboxylic acid groups (broad SMARTS) is 1. The van der Waals surface area contributed by atoms with Gasteiger partial charge in [-0.05, 0) is 12.1 Å². The Balaban J connectivity index is 3.00.